The van der Waals surface area contributed by atoms with Crippen LogP contribution in [0.15, 0.2) is 18.5 Å². The minimum atomic E-state index is -0.165. The summed E-state index contributed by atoms with van der Waals surface area (Å²) in [4.78, 5) is 8.35. The van der Waals surface area contributed by atoms with Gasteiger partial charge in [0.15, 0.2) is 0 Å². The fourth-order valence-electron chi connectivity index (χ4n) is 2.03. The van der Waals surface area contributed by atoms with Crippen LogP contribution in [0.2, 0.25) is 0 Å². The van der Waals surface area contributed by atoms with Gasteiger partial charge in [-0.3, -0.25) is 0 Å². The van der Waals surface area contributed by atoms with Crippen molar-refractivity contribution >= 4 is 10.9 Å². The maximum atomic E-state index is 14.5. The van der Waals surface area contributed by atoms with Crippen LogP contribution in [0.25, 0.3) is 10.9 Å². The van der Waals surface area contributed by atoms with E-state index in [1.165, 1.54) is 6.33 Å². The van der Waals surface area contributed by atoms with Crippen molar-refractivity contribution in [3.05, 3.63) is 35.5 Å². The Labute approximate surface area is 101 Å². The first-order chi connectivity index (χ1) is 8.02. The van der Waals surface area contributed by atoms with E-state index in [9.17, 15) is 4.39 Å². The molecule has 0 N–H and O–H groups in total. The maximum absolute atomic E-state index is 14.5. The van der Waals surface area contributed by atoms with E-state index in [4.69, 9.17) is 0 Å². The lowest BCUT2D eigenvalue weighted by Crippen LogP contribution is -2.01. The van der Waals surface area contributed by atoms with Gasteiger partial charge in [0.2, 0.25) is 0 Å². The van der Waals surface area contributed by atoms with Gasteiger partial charge in [-0.15, -0.1) is 0 Å². The van der Waals surface area contributed by atoms with E-state index in [2.05, 4.69) is 9.97 Å². The number of hydrogen-bond acceptors (Lipinski definition) is 2. The fourth-order valence-corrected chi connectivity index (χ4v) is 2.03. The Balaban J connectivity index is 2.82. The second kappa shape index (κ2) is 4.40. The normalized spacial score (nSPS) is 11.7. The highest BCUT2D eigenvalue weighted by Gasteiger charge is 2.16. The van der Waals surface area contributed by atoms with E-state index in [0.29, 0.717) is 10.9 Å². The highest BCUT2D eigenvalue weighted by molar-refractivity contribution is 5.82. The molecule has 0 saturated heterocycles. The summed E-state index contributed by atoms with van der Waals surface area (Å²) in [6.07, 6.45) is 1.51. The summed E-state index contributed by atoms with van der Waals surface area (Å²) < 4.78 is 14.5. The molecule has 0 unspecified atom stereocenters. The Morgan fingerprint density at radius 2 is 1.71 bits per heavy atom. The zero-order valence-corrected chi connectivity index (χ0v) is 10.7. The lowest BCUT2D eigenvalue weighted by Gasteiger charge is -2.13. The first-order valence-electron chi connectivity index (χ1n) is 5.95. The molecule has 3 heteroatoms. The molecular formula is C14H17FN2. The molecule has 2 nitrogen and oxygen atoms in total. The summed E-state index contributed by atoms with van der Waals surface area (Å²) >= 11 is 0. The van der Waals surface area contributed by atoms with Crippen molar-refractivity contribution in [2.45, 2.75) is 39.5 Å². The fraction of sp³-hybridized carbons (Fsp3) is 0.429. The molecule has 0 spiro atoms. The number of halogens is 1. The van der Waals surface area contributed by atoms with Gasteiger partial charge >= 0.3 is 0 Å². The first kappa shape index (κ1) is 12.0. The molecule has 0 aliphatic rings. The van der Waals surface area contributed by atoms with Crippen molar-refractivity contribution in [1.29, 1.82) is 0 Å². The Bertz CT molecular complexity index is 547. The molecule has 0 aliphatic heterocycles. The molecule has 2 rings (SSSR count). The van der Waals surface area contributed by atoms with Crippen LogP contribution in [0, 0.1) is 5.82 Å². The number of nitrogens with zero attached hydrogens (tertiary/aromatic N) is 2. The van der Waals surface area contributed by atoms with Crippen LogP contribution in [0.3, 0.4) is 0 Å². The molecule has 17 heavy (non-hydrogen) atoms. The minimum Gasteiger partial charge on any atom is -0.240 e. The lowest BCUT2D eigenvalue weighted by molar-refractivity contribution is 0.606. The van der Waals surface area contributed by atoms with Gasteiger partial charge in [0.1, 0.15) is 12.1 Å². The third-order valence-corrected chi connectivity index (χ3v) is 2.97. The molecule has 0 radical (unpaired) electrons. The Hall–Kier alpha value is -1.51. The molecular weight excluding hydrogens is 215 g/mol. The quantitative estimate of drug-likeness (QED) is 0.781. The van der Waals surface area contributed by atoms with Gasteiger partial charge in [-0.05, 0) is 23.5 Å². The van der Waals surface area contributed by atoms with Gasteiger partial charge in [-0.2, -0.15) is 0 Å². The van der Waals surface area contributed by atoms with E-state index >= 15 is 0 Å². The molecule has 0 amide bonds. The lowest BCUT2D eigenvalue weighted by atomic mass is 9.97. The van der Waals surface area contributed by atoms with Crippen molar-refractivity contribution in [3.8, 4) is 0 Å². The predicted molar refractivity (Wildman–Crippen MR) is 67.7 cm³/mol. The maximum Gasteiger partial charge on any atom is 0.137 e. The van der Waals surface area contributed by atoms with Gasteiger partial charge in [0.25, 0.3) is 0 Å². The molecule has 1 aromatic heterocycles. The Morgan fingerprint density at radius 1 is 1.00 bits per heavy atom. The van der Waals surface area contributed by atoms with Crippen LogP contribution in [-0.2, 0) is 0 Å². The summed E-state index contributed by atoms with van der Waals surface area (Å²) in [6, 6.07) is 3.70. The molecule has 1 aromatic carbocycles. The van der Waals surface area contributed by atoms with Crippen molar-refractivity contribution in [3.63, 3.8) is 0 Å². The van der Waals surface area contributed by atoms with Gasteiger partial charge in [0, 0.05) is 0 Å². The zero-order chi connectivity index (χ0) is 12.6. The number of rotatable bonds is 2. The summed E-state index contributed by atoms with van der Waals surface area (Å²) in [5.41, 5.74) is 2.20. The average Bonchev–Trinajstić information content (AvgIpc) is 2.28. The summed E-state index contributed by atoms with van der Waals surface area (Å²) in [7, 11) is 0. The zero-order valence-electron chi connectivity index (χ0n) is 10.7. The highest BCUT2D eigenvalue weighted by Crippen LogP contribution is 2.29. The molecule has 2 aromatic rings. The Kier molecular flexibility index (Phi) is 3.09. The monoisotopic (exact) mass is 232 g/mol. The van der Waals surface area contributed by atoms with E-state index in [0.717, 1.165) is 11.3 Å². The summed E-state index contributed by atoms with van der Waals surface area (Å²) in [5.74, 6) is 0.193. The van der Waals surface area contributed by atoms with Gasteiger partial charge in [-0.1, -0.05) is 33.8 Å². The van der Waals surface area contributed by atoms with Crippen LogP contribution in [0.4, 0.5) is 4.39 Å². The summed E-state index contributed by atoms with van der Waals surface area (Å²) in [6.45, 7) is 8.01. The second-order valence-corrected chi connectivity index (χ2v) is 4.93. The molecule has 0 fully saturated rings. The Morgan fingerprint density at radius 3 is 2.29 bits per heavy atom. The van der Waals surface area contributed by atoms with Crippen LogP contribution in [-0.4, -0.2) is 9.97 Å². The first-order valence-corrected chi connectivity index (χ1v) is 5.95. The summed E-state index contributed by atoms with van der Waals surface area (Å²) in [5, 5.41) is 0.578. The molecule has 90 valence electrons. The van der Waals surface area contributed by atoms with Gasteiger partial charge < -0.3 is 0 Å². The second-order valence-electron chi connectivity index (χ2n) is 4.93. The van der Waals surface area contributed by atoms with Crippen molar-refractivity contribution < 1.29 is 4.39 Å². The average molecular weight is 232 g/mol. The third kappa shape index (κ3) is 2.02. The van der Waals surface area contributed by atoms with E-state index in [1.54, 1.807) is 0 Å². The van der Waals surface area contributed by atoms with Crippen LogP contribution in [0.1, 0.15) is 50.8 Å². The van der Waals surface area contributed by atoms with Crippen molar-refractivity contribution in [1.82, 2.24) is 9.97 Å². The van der Waals surface area contributed by atoms with Gasteiger partial charge in [0.05, 0.1) is 16.6 Å². The van der Waals surface area contributed by atoms with E-state index in [1.807, 2.05) is 39.8 Å². The molecule has 0 atom stereocenters. The van der Waals surface area contributed by atoms with Crippen molar-refractivity contribution in [2.24, 2.45) is 0 Å². The molecule has 0 saturated carbocycles. The topological polar surface area (TPSA) is 25.8 Å². The van der Waals surface area contributed by atoms with Crippen molar-refractivity contribution in [2.75, 3.05) is 0 Å². The van der Waals surface area contributed by atoms with Crippen LogP contribution >= 0.6 is 0 Å². The van der Waals surface area contributed by atoms with Crippen LogP contribution in [0.5, 0.6) is 0 Å². The highest BCUT2D eigenvalue weighted by atomic mass is 19.1. The largest absolute Gasteiger partial charge is 0.240 e. The van der Waals surface area contributed by atoms with E-state index < -0.39 is 0 Å². The number of fused-ring (bicyclic) bond motifs is 1. The number of benzene rings is 1. The smallest absolute Gasteiger partial charge is 0.137 e. The molecule has 1 heterocycles. The molecule has 0 aliphatic carbocycles. The number of hydrogen-bond donors (Lipinski definition) is 0. The number of aromatic nitrogens is 2. The van der Waals surface area contributed by atoms with Gasteiger partial charge in [-0.25, -0.2) is 14.4 Å². The standard InChI is InChI=1S/C14H17FN2/c1-8(2)10-5-6-11-12(13(10)15)14(9(3)4)17-7-16-11/h5-9H,1-4H3. The SMILES string of the molecule is CC(C)c1ccc2ncnc(C(C)C)c2c1F. The van der Waals surface area contributed by atoms with E-state index in [-0.39, 0.29) is 17.7 Å². The minimum absolute atomic E-state index is 0.165. The van der Waals surface area contributed by atoms with Crippen LogP contribution < -0.4 is 0 Å². The predicted octanol–water partition coefficient (Wildman–Crippen LogP) is 4.02. The third-order valence-electron chi connectivity index (χ3n) is 2.97. The molecule has 0 bridgehead atoms.